The molecule has 0 atom stereocenters. The summed E-state index contributed by atoms with van der Waals surface area (Å²) in [5.74, 6) is 0.715. The van der Waals surface area contributed by atoms with Crippen LogP contribution in [0.4, 0.5) is 11.4 Å². The lowest BCUT2D eigenvalue weighted by Crippen LogP contribution is -2.62. The van der Waals surface area contributed by atoms with Gasteiger partial charge in [-0.25, -0.2) is 0 Å². The standard InChI is InChI=1S/C23H27N3O3/c1-25(15-16-29-18-9-3-2-4-10-18)17-21(27)26-20-12-6-5-11-19(20)24-22(28)23(26)13-7-8-14-23/h2-6,9-12H,7-8,13-17H2,1H3,(H,24,28). The molecule has 4 rings (SSSR count). The van der Waals surface area contributed by atoms with Gasteiger partial charge in [0.2, 0.25) is 5.91 Å². The molecule has 29 heavy (non-hydrogen) atoms. The van der Waals surface area contributed by atoms with Crippen molar-refractivity contribution >= 4 is 23.2 Å². The molecule has 6 nitrogen and oxygen atoms in total. The minimum absolute atomic E-state index is 0.0450. The average molecular weight is 393 g/mol. The summed E-state index contributed by atoms with van der Waals surface area (Å²) in [6.45, 7) is 1.35. The quantitative estimate of drug-likeness (QED) is 0.818. The molecule has 2 aromatic carbocycles. The van der Waals surface area contributed by atoms with Gasteiger partial charge in [-0.3, -0.25) is 19.4 Å². The molecular formula is C23H27N3O3. The number of amides is 2. The Morgan fingerprint density at radius 3 is 2.55 bits per heavy atom. The Morgan fingerprint density at radius 2 is 1.79 bits per heavy atom. The van der Waals surface area contributed by atoms with Crippen molar-refractivity contribution in [3.05, 3.63) is 54.6 Å². The number of carbonyl (C=O) groups excluding carboxylic acids is 2. The number of ether oxygens (including phenoxy) is 1. The number of nitrogens with one attached hydrogen (secondary N) is 1. The molecule has 1 fully saturated rings. The molecule has 6 heteroatoms. The number of para-hydroxylation sites is 3. The summed E-state index contributed by atoms with van der Waals surface area (Å²) in [5.41, 5.74) is 0.749. The van der Waals surface area contributed by atoms with Crippen molar-refractivity contribution < 1.29 is 14.3 Å². The normalized spacial score (nSPS) is 17.3. The molecule has 0 saturated heterocycles. The summed E-state index contributed by atoms with van der Waals surface area (Å²) in [5, 5.41) is 3.02. The van der Waals surface area contributed by atoms with Crippen molar-refractivity contribution in [2.24, 2.45) is 0 Å². The van der Waals surface area contributed by atoms with E-state index in [9.17, 15) is 9.59 Å². The van der Waals surface area contributed by atoms with E-state index in [1.54, 1.807) is 4.90 Å². The van der Waals surface area contributed by atoms with Crippen LogP contribution in [-0.2, 0) is 9.59 Å². The lowest BCUT2D eigenvalue weighted by atomic mass is 9.89. The fourth-order valence-corrected chi connectivity index (χ4v) is 4.35. The van der Waals surface area contributed by atoms with Crippen LogP contribution in [0.2, 0.25) is 0 Å². The zero-order valence-corrected chi connectivity index (χ0v) is 16.8. The van der Waals surface area contributed by atoms with E-state index in [0.29, 0.717) is 31.7 Å². The van der Waals surface area contributed by atoms with E-state index in [2.05, 4.69) is 5.32 Å². The summed E-state index contributed by atoms with van der Waals surface area (Å²) < 4.78 is 5.74. The van der Waals surface area contributed by atoms with Crippen LogP contribution < -0.4 is 15.0 Å². The fraction of sp³-hybridized carbons (Fsp3) is 0.391. The highest BCUT2D eigenvalue weighted by molar-refractivity contribution is 6.15. The molecule has 1 aliphatic heterocycles. The number of likely N-dealkylation sites (N-methyl/N-ethyl adjacent to an activating group) is 1. The first-order valence-electron chi connectivity index (χ1n) is 10.2. The highest BCUT2D eigenvalue weighted by Gasteiger charge is 2.52. The summed E-state index contributed by atoms with van der Waals surface area (Å²) >= 11 is 0. The van der Waals surface area contributed by atoms with Crippen LogP contribution in [0, 0.1) is 0 Å². The van der Waals surface area contributed by atoms with Gasteiger partial charge in [-0.2, -0.15) is 0 Å². The number of rotatable bonds is 6. The van der Waals surface area contributed by atoms with E-state index in [-0.39, 0.29) is 18.4 Å². The van der Waals surface area contributed by atoms with Crippen molar-refractivity contribution in [3.63, 3.8) is 0 Å². The first kappa shape index (κ1) is 19.5. The molecule has 2 aromatic rings. The second-order valence-corrected chi connectivity index (χ2v) is 7.84. The summed E-state index contributed by atoms with van der Waals surface area (Å²) in [6, 6.07) is 17.2. The lowest BCUT2D eigenvalue weighted by Gasteiger charge is -2.44. The molecule has 2 amide bonds. The number of anilines is 2. The van der Waals surface area contributed by atoms with Gasteiger partial charge in [0, 0.05) is 6.54 Å². The van der Waals surface area contributed by atoms with Crippen molar-refractivity contribution in [2.45, 2.75) is 31.2 Å². The molecule has 152 valence electrons. The molecule has 2 aliphatic rings. The predicted molar refractivity (Wildman–Crippen MR) is 113 cm³/mol. The average Bonchev–Trinajstić information content (AvgIpc) is 3.20. The topological polar surface area (TPSA) is 61.9 Å². The Morgan fingerprint density at radius 1 is 1.10 bits per heavy atom. The second kappa shape index (κ2) is 8.25. The van der Waals surface area contributed by atoms with Gasteiger partial charge in [-0.05, 0) is 44.2 Å². The Labute approximate surface area is 171 Å². The molecular weight excluding hydrogens is 366 g/mol. The largest absolute Gasteiger partial charge is 0.492 e. The van der Waals surface area contributed by atoms with Crippen molar-refractivity contribution in [3.8, 4) is 5.75 Å². The van der Waals surface area contributed by atoms with Gasteiger partial charge in [0.05, 0.1) is 17.9 Å². The van der Waals surface area contributed by atoms with Crippen LogP contribution in [0.25, 0.3) is 0 Å². The van der Waals surface area contributed by atoms with Gasteiger partial charge in [-0.15, -0.1) is 0 Å². The van der Waals surface area contributed by atoms with Crippen molar-refractivity contribution in [1.29, 1.82) is 0 Å². The molecule has 1 N–H and O–H groups in total. The van der Waals surface area contributed by atoms with E-state index in [1.807, 2.05) is 66.5 Å². The first-order valence-corrected chi connectivity index (χ1v) is 10.2. The zero-order chi connectivity index (χ0) is 20.3. The smallest absolute Gasteiger partial charge is 0.250 e. The molecule has 0 aromatic heterocycles. The third kappa shape index (κ3) is 3.85. The Hall–Kier alpha value is -2.86. The maximum atomic E-state index is 13.4. The number of hydrogen-bond donors (Lipinski definition) is 1. The van der Waals surface area contributed by atoms with Crippen LogP contribution in [0.5, 0.6) is 5.75 Å². The number of hydrogen-bond acceptors (Lipinski definition) is 4. The molecule has 0 radical (unpaired) electrons. The SMILES string of the molecule is CN(CCOc1ccccc1)CC(=O)N1c2ccccc2NC(=O)C12CCCC2. The Bertz CT molecular complexity index is 878. The fourth-order valence-electron chi connectivity index (χ4n) is 4.35. The third-order valence-electron chi connectivity index (χ3n) is 5.81. The highest BCUT2D eigenvalue weighted by Crippen LogP contribution is 2.45. The monoisotopic (exact) mass is 393 g/mol. The predicted octanol–water partition coefficient (Wildman–Crippen LogP) is 3.30. The zero-order valence-electron chi connectivity index (χ0n) is 16.8. The summed E-state index contributed by atoms with van der Waals surface area (Å²) in [6.07, 6.45) is 3.33. The van der Waals surface area contributed by atoms with Crippen LogP contribution >= 0.6 is 0 Å². The number of carbonyl (C=O) groups is 2. The van der Waals surface area contributed by atoms with Gasteiger partial charge in [-0.1, -0.05) is 43.2 Å². The van der Waals surface area contributed by atoms with Gasteiger partial charge in [0.25, 0.3) is 5.91 Å². The molecule has 1 aliphatic carbocycles. The highest BCUT2D eigenvalue weighted by atomic mass is 16.5. The van der Waals surface area contributed by atoms with Crippen LogP contribution in [-0.4, -0.2) is 49.0 Å². The summed E-state index contributed by atoms with van der Waals surface area (Å²) in [7, 11) is 1.91. The van der Waals surface area contributed by atoms with Crippen LogP contribution in [0.15, 0.2) is 54.6 Å². The van der Waals surface area contributed by atoms with Gasteiger partial charge in [0.15, 0.2) is 0 Å². The van der Waals surface area contributed by atoms with Crippen molar-refractivity contribution in [1.82, 2.24) is 4.90 Å². The molecule has 1 saturated carbocycles. The van der Waals surface area contributed by atoms with Gasteiger partial charge < -0.3 is 10.1 Å². The Balaban J connectivity index is 1.46. The molecule has 1 heterocycles. The Kier molecular flexibility index (Phi) is 5.53. The van der Waals surface area contributed by atoms with Crippen LogP contribution in [0.3, 0.4) is 0 Å². The minimum atomic E-state index is -0.757. The first-order chi connectivity index (χ1) is 14.1. The number of fused-ring (bicyclic) bond motifs is 1. The van der Waals surface area contributed by atoms with Gasteiger partial charge in [0.1, 0.15) is 17.9 Å². The van der Waals surface area contributed by atoms with Crippen molar-refractivity contribution in [2.75, 3.05) is 37.0 Å². The number of benzene rings is 2. The van der Waals surface area contributed by atoms with E-state index in [0.717, 1.165) is 24.3 Å². The third-order valence-corrected chi connectivity index (χ3v) is 5.81. The second-order valence-electron chi connectivity index (χ2n) is 7.84. The van der Waals surface area contributed by atoms with E-state index >= 15 is 0 Å². The number of nitrogens with zero attached hydrogens (tertiary/aromatic N) is 2. The molecule has 0 unspecified atom stereocenters. The maximum Gasteiger partial charge on any atom is 0.250 e. The lowest BCUT2D eigenvalue weighted by molar-refractivity contribution is -0.127. The molecule has 1 spiro atoms. The van der Waals surface area contributed by atoms with E-state index in [1.165, 1.54) is 0 Å². The van der Waals surface area contributed by atoms with Crippen LogP contribution in [0.1, 0.15) is 25.7 Å². The molecule has 0 bridgehead atoms. The summed E-state index contributed by atoms with van der Waals surface area (Å²) in [4.78, 5) is 30.1. The van der Waals surface area contributed by atoms with Gasteiger partial charge >= 0.3 is 0 Å². The maximum absolute atomic E-state index is 13.4. The minimum Gasteiger partial charge on any atom is -0.492 e. The van der Waals surface area contributed by atoms with E-state index < -0.39 is 5.54 Å². The van der Waals surface area contributed by atoms with E-state index in [4.69, 9.17) is 4.74 Å².